The van der Waals surface area contributed by atoms with Gasteiger partial charge < -0.3 is 13.7 Å². The molecular weight excluding hydrogens is 739 g/mol. The number of fused-ring (bicyclic) bond motifs is 17. The fraction of sp³-hybridized carbons (Fsp3) is 0.138. The summed E-state index contributed by atoms with van der Waals surface area (Å²) in [5, 5.41) is 15.7. The standard InChI is InChI=1S/C58H45N3/c1-57(2,3)36-25-26-46-42(31-36)50-40-23-15-13-17-34(40)29-43-52-47(60(46)55(43)50)27-28-48-53(52)45-33-37(58(4,5)6)32-44-51-41-24-16-14-18-35(41)30-49(56(51)61(48)54(44)45)59(38-19-9-7-10-20-38)39-21-11-8-12-22-39/h7-33H,1-6H3. The molecule has 4 aromatic heterocycles. The van der Waals surface area contributed by atoms with Gasteiger partial charge in [0.05, 0.1) is 38.8 Å². The van der Waals surface area contributed by atoms with E-state index in [0.717, 1.165) is 11.4 Å². The van der Waals surface area contributed by atoms with Gasteiger partial charge in [0.1, 0.15) is 0 Å². The number of hydrogen-bond donors (Lipinski definition) is 0. The quantitative estimate of drug-likeness (QED) is 0.174. The summed E-state index contributed by atoms with van der Waals surface area (Å²) in [6, 6.07) is 61.7. The topological polar surface area (TPSA) is 12.1 Å². The van der Waals surface area contributed by atoms with E-state index in [-0.39, 0.29) is 10.8 Å². The molecule has 4 heterocycles. The lowest BCUT2D eigenvalue weighted by molar-refractivity contribution is 0.591. The number of nitrogens with zero attached hydrogens (tertiary/aromatic N) is 3. The first kappa shape index (κ1) is 34.7. The fourth-order valence-electron chi connectivity index (χ4n) is 10.9. The number of benzene rings is 9. The number of hydrogen-bond acceptors (Lipinski definition) is 1. The van der Waals surface area contributed by atoms with Crippen molar-refractivity contribution in [1.29, 1.82) is 0 Å². The monoisotopic (exact) mass is 783 g/mol. The lowest BCUT2D eigenvalue weighted by Crippen LogP contribution is -2.11. The third kappa shape index (κ3) is 4.58. The third-order valence-corrected chi connectivity index (χ3v) is 13.8. The second kappa shape index (κ2) is 11.8. The van der Waals surface area contributed by atoms with E-state index in [9.17, 15) is 0 Å². The molecule has 0 spiro atoms. The Morgan fingerprint density at radius 1 is 0.344 bits per heavy atom. The molecular formula is C58H45N3. The van der Waals surface area contributed by atoms with Crippen molar-refractivity contribution in [2.75, 3.05) is 4.90 Å². The van der Waals surface area contributed by atoms with E-state index in [1.54, 1.807) is 0 Å². The van der Waals surface area contributed by atoms with Crippen molar-refractivity contribution in [3.8, 4) is 0 Å². The summed E-state index contributed by atoms with van der Waals surface area (Å²) in [4.78, 5) is 2.46. The number of para-hydroxylation sites is 2. The van der Waals surface area contributed by atoms with Gasteiger partial charge in [0.15, 0.2) is 0 Å². The van der Waals surface area contributed by atoms with E-state index in [1.807, 2.05) is 0 Å². The molecule has 0 aliphatic heterocycles. The van der Waals surface area contributed by atoms with Gasteiger partial charge in [0.25, 0.3) is 0 Å². The SMILES string of the molecule is CC(C)(C)c1ccc2c(c1)c1c3ccccc3cc3c4c5c6cc(C(C)(C)C)cc7c8c9ccccc9cc(N(c9ccccc9)c9ccccc9)c8n(c5ccc4n2c31)c67. The van der Waals surface area contributed by atoms with E-state index in [4.69, 9.17) is 0 Å². The van der Waals surface area contributed by atoms with Gasteiger partial charge in [-0.15, -0.1) is 0 Å². The molecule has 0 radical (unpaired) electrons. The normalized spacial score (nSPS) is 13.1. The Morgan fingerprint density at radius 3 is 1.43 bits per heavy atom. The highest BCUT2D eigenvalue weighted by Gasteiger charge is 2.30. The Bertz CT molecular complexity index is 3890. The summed E-state index contributed by atoms with van der Waals surface area (Å²) in [6.07, 6.45) is 0. The first-order valence-electron chi connectivity index (χ1n) is 21.7. The van der Waals surface area contributed by atoms with Crippen molar-refractivity contribution in [2.24, 2.45) is 0 Å². The third-order valence-electron chi connectivity index (χ3n) is 13.8. The highest BCUT2D eigenvalue weighted by Crippen LogP contribution is 2.53. The molecule has 292 valence electrons. The molecule has 0 N–H and O–H groups in total. The highest BCUT2D eigenvalue weighted by atomic mass is 15.2. The van der Waals surface area contributed by atoms with Crippen LogP contribution in [0.5, 0.6) is 0 Å². The lowest BCUT2D eigenvalue weighted by Gasteiger charge is -2.27. The van der Waals surface area contributed by atoms with Gasteiger partial charge >= 0.3 is 0 Å². The average Bonchev–Trinajstić information content (AvgIpc) is 3.99. The highest BCUT2D eigenvalue weighted by molar-refractivity contribution is 6.40. The van der Waals surface area contributed by atoms with Gasteiger partial charge in [0.2, 0.25) is 0 Å². The molecule has 0 atom stereocenters. The second-order valence-corrected chi connectivity index (χ2v) is 19.4. The summed E-state index contributed by atoms with van der Waals surface area (Å²) in [7, 11) is 0. The molecule has 0 amide bonds. The molecule has 0 aliphatic carbocycles. The zero-order valence-corrected chi connectivity index (χ0v) is 35.4. The summed E-state index contributed by atoms with van der Waals surface area (Å²) in [5.41, 5.74) is 13.7. The van der Waals surface area contributed by atoms with Gasteiger partial charge in [-0.2, -0.15) is 0 Å². The molecule has 0 bridgehead atoms. The predicted molar refractivity (Wildman–Crippen MR) is 263 cm³/mol. The van der Waals surface area contributed by atoms with Crippen LogP contribution in [0.25, 0.3) is 97.7 Å². The van der Waals surface area contributed by atoms with Crippen LogP contribution in [0.2, 0.25) is 0 Å². The predicted octanol–water partition coefficient (Wildman–Crippen LogP) is 16.4. The minimum absolute atomic E-state index is 0.0410. The largest absolute Gasteiger partial charge is 0.308 e. The van der Waals surface area contributed by atoms with Crippen LogP contribution in [-0.4, -0.2) is 8.80 Å². The van der Waals surface area contributed by atoms with Crippen molar-refractivity contribution < 1.29 is 0 Å². The molecule has 3 heteroatoms. The first-order valence-corrected chi connectivity index (χ1v) is 21.7. The minimum atomic E-state index is -0.0736. The van der Waals surface area contributed by atoms with Crippen LogP contribution < -0.4 is 4.90 Å². The van der Waals surface area contributed by atoms with E-state index < -0.39 is 0 Å². The fourth-order valence-corrected chi connectivity index (χ4v) is 10.9. The molecule has 0 fully saturated rings. The van der Waals surface area contributed by atoms with E-state index in [0.29, 0.717) is 0 Å². The van der Waals surface area contributed by atoms with E-state index >= 15 is 0 Å². The molecule has 0 aliphatic rings. The molecule has 3 nitrogen and oxygen atoms in total. The molecule has 0 unspecified atom stereocenters. The maximum absolute atomic E-state index is 2.63. The smallest absolute Gasteiger partial charge is 0.0789 e. The maximum atomic E-state index is 2.63. The first-order chi connectivity index (χ1) is 29.6. The van der Waals surface area contributed by atoms with Crippen LogP contribution in [0.3, 0.4) is 0 Å². The summed E-state index contributed by atoms with van der Waals surface area (Å²) in [6.45, 7) is 14.0. The molecule has 0 saturated carbocycles. The molecule has 9 aromatic carbocycles. The minimum Gasteiger partial charge on any atom is -0.308 e. The van der Waals surface area contributed by atoms with Crippen LogP contribution in [0, 0.1) is 0 Å². The maximum Gasteiger partial charge on any atom is 0.0789 e. The Hall–Kier alpha value is -7.10. The van der Waals surface area contributed by atoms with Gasteiger partial charge in [-0.25, -0.2) is 0 Å². The molecule has 13 rings (SSSR count). The Balaban J connectivity index is 1.28. The summed E-state index contributed by atoms with van der Waals surface area (Å²) >= 11 is 0. The van der Waals surface area contributed by atoms with Crippen LogP contribution >= 0.6 is 0 Å². The molecule has 13 aromatic rings. The van der Waals surface area contributed by atoms with Gasteiger partial charge in [-0.05, 0) is 116 Å². The van der Waals surface area contributed by atoms with E-state index in [2.05, 4.69) is 219 Å². The van der Waals surface area contributed by atoms with Gasteiger partial charge in [-0.1, -0.05) is 133 Å². The Morgan fingerprint density at radius 2 is 0.820 bits per heavy atom. The van der Waals surface area contributed by atoms with Crippen LogP contribution in [0.4, 0.5) is 17.1 Å². The zero-order chi connectivity index (χ0) is 41.1. The number of rotatable bonds is 3. The van der Waals surface area contributed by atoms with Crippen LogP contribution in [0.1, 0.15) is 52.7 Å². The molecule has 0 saturated heterocycles. The van der Waals surface area contributed by atoms with Crippen molar-refractivity contribution in [3.63, 3.8) is 0 Å². The van der Waals surface area contributed by atoms with E-state index in [1.165, 1.54) is 115 Å². The second-order valence-electron chi connectivity index (χ2n) is 19.4. The van der Waals surface area contributed by atoms with Crippen molar-refractivity contribution >= 4 is 115 Å². The van der Waals surface area contributed by atoms with Gasteiger partial charge in [0, 0.05) is 54.5 Å². The number of aromatic nitrogens is 2. The molecule has 61 heavy (non-hydrogen) atoms. The van der Waals surface area contributed by atoms with Crippen molar-refractivity contribution in [3.05, 3.63) is 175 Å². The van der Waals surface area contributed by atoms with Crippen molar-refractivity contribution in [1.82, 2.24) is 8.80 Å². The summed E-state index contributed by atoms with van der Waals surface area (Å²) < 4.78 is 5.21. The van der Waals surface area contributed by atoms with Crippen LogP contribution in [0.15, 0.2) is 164 Å². The van der Waals surface area contributed by atoms with Crippen molar-refractivity contribution in [2.45, 2.75) is 52.4 Å². The Labute approximate surface area is 354 Å². The van der Waals surface area contributed by atoms with Gasteiger partial charge in [-0.3, -0.25) is 0 Å². The number of anilines is 3. The average molecular weight is 784 g/mol. The lowest BCUT2D eigenvalue weighted by atomic mass is 9.85. The Kier molecular flexibility index (Phi) is 6.72. The summed E-state index contributed by atoms with van der Waals surface area (Å²) in [5.74, 6) is 0. The zero-order valence-electron chi connectivity index (χ0n) is 35.4. The van der Waals surface area contributed by atoms with Crippen LogP contribution in [-0.2, 0) is 10.8 Å².